The fraction of sp³-hybridized carbons (Fsp3) is 0.250. The first-order valence-corrected chi connectivity index (χ1v) is 7.18. The molecule has 1 aromatic heterocycles. The highest BCUT2D eigenvalue weighted by Crippen LogP contribution is 2.19. The number of carbonyl (C=O) groups is 1. The van der Waals surface area contributed by atoms with Crippen molar-refractivity contribution in [1.29, 1.82) is 0 Å². The van der Waals surface area contributed by atoms with E-state index in [4.69, 9.17) is 4.74 Å². The lowest BCUT2D eigenvalue weighted by Gasteiger charge is -2.26. The summed E-state index contributed by atoms with van der Waals surface area (Å²) < 4.78 is 31.3. The van der Waals surface area contributed by atoms with Crippen molar-refractivity contribution in [2.75, 3.05) is 31.6 Å². The normalized spacial score (nSPS) is 14.6. The molecule has 5 nitrogen and oxygen atoms in total. The van der Waals surface area contributed by atoms with E-state index in [1.54, 1.807) is 17.0 Å². The number of ether oxygens (including phenoxy) is 1. The van der Waals surface area contributed by atoms with Gasteiger partial charge in [-0.05, 0) is 24.3 Å². The summed E-state index contributed by atoms with van der Waals surface area (Å²) in [5.74, 6) is -1.98. The summed E-state index contributed by atoms with van der Waals surface area (Å²) in [6.07, 6.45) is 1.48. The lowest BCUT2D eigenvalue weighted by molar-refractivity contribution is 0.0299. The largest absolute Gasteiger partial charge is 0.378 e. The Labute approximate surface area is 131 Å². The Balaban J connectivity index is 1.68. The SMILES string of the molecule is O=C(c1ccc(Nc2ccc(F)c(F)c2)cn1)N1CCOCC1. The molecule has 120 valence electrons. The second-order valence-electron chi connectivity index (χ2n) is 5.09. The molecule has 1 aliphatic rings. The van der Waals surface area contributed by atoms with Crippen LogP contribution in [0.15, 0.2) is 36.5 Å². The van der Waals surface area contributed by atoms with Crippen LogP contribution < -0.4 is 5.32 Å². The van der Waals surface area contributed by atoms with Crippen LogP contribution in [0.25, 0.3) is 0 Å². The van der Waals surface area contributed by atoms with Crippen LogP contribution in [0.5, 0.6) is 0 Å². The maximum Gasteiger partial charge on any atom is 0.272 e. The predicted molar refractivity (Wildman–Crippen MR) is 80.6 cm³/mol. The molecule has 1 aliphatic heterocycles. The maximum absolute atomic E-state index is 13.2. The van der Waals surface area contributed by atoms with E-state index in [1.165, 1.54) is 12.3 Å². The number of aromatic nitrogens is 1. The summed E-state index contributed by atoms with van der Waals surface area (Å²) >= 11 is 0. The van der Waals surface area contributed by atoms with Crippen LogP contribution in [0.1, 0.15) is 10.5 Å². The van der Waals surface area contributed by atoms with Gasteiger partial charge in [0.15, 0.2) is 11.6 Å². The van der Waals surface area contributed by atoms with E-state index < -0.39 is 11.6 Å². The van der Waals surface area contributed by atoms with Gasteiger partial charge in [-0.3, -0.25) is 4.79 Å². The fourth-order valence-corrected chi connectivity index (χ4v) is 2.26. The van der Waals surface area contributed by atoms with E-state index in [0.717, 1.165) is 12.1 Å². The molecule has 2 heterocycles. The van der Waals surface area contributed by atoms with Crippen molar-refractivity contribution in [3.8, 4) is 0 Å². The summed E-state index contributed by atoms with van der Waals surface area (Å²) in [6.45, 7) is 2.16. The predicted octanol–water partition coefficient (Wildman–Crippen LogP) is 2.58. The third kappa shape index (κ3) is 3.62. The molecule has 1 fully saturated rings. The van der Waals surface area contributed by atoms with Gasteiger partial charge in [0.25, 0.3) is 5.91 Å². The minimum absolute atomic E-state index is 0.146. The van der Waals surface area contributed by atoms with Crippen LogP contribution in [0, 0.1) is 11.6 Å². The van der Waals surface area contributed by atoms with Crippen molar-refractivity contribution in [1.82, 2.24) is 9.88 Å². The van der Waals surface area contributed by atoms with E-state index >= 15 is 0 Å². The van der Waals surface area contributed by atoms with Crippen LogP contribution in [0.3, 0.4) is 0 Å². The number of benzene rings is 1. The van der Waals surface area contributed by atoms with Crippen molar-refractivity contribution >= 4 is 17.3 Å². The van der Waals surface area contributed by atoms with Crippen LogP contribution in [0.4, 0.5) is 20.2 Å². The second-order valence-corrected chi connectivity index (χ2v) is 5.09. The smallest absolute Gasteiger partial charge is 0.272 e. The molecule has 0 radical (unpaired) electrons. The number of nitrogens with zero attached hydrogens (tertiary/aromatic N) is 2. The first-order chi connectivity index (χ1) is 11.1. The Morgan fingerprint density at radius 1 is 1.09 bits per heavy atom. The quantitative estimate of drug-likeness (QED) is 0.945. The van der Waals surface area contributed by atoms with Crippen LogP contribution in [-0.2, 0) is 4.74 Å². The minimum atomic E-state index is -0.929. The highest BCUT2D eigenvalue weighted by atomic mass is 19.2. The van der Waals surface area contributed by atoms with Gasteiger partial charge in [0.05, 0.1) is 25.1 Å². The lowest BCUT2D eigenvalue weighted by atomic mass is 10.2. The van der Waals surface area contributed by atoms with E-state index in [1.807, 2.05) is 0 Å². The van der Waals surface area contributed by atoms with Gasteiger partial charge < -0.3 is 15.0 Å². The Kier molecular flexibility index (Phi) is 4.47. The van der Waals surface area contributed by atoms with E-state index in [0.29, 0.717) is 43.4 Å². The number of nitrogens with one attached hydrogen (secondary N) is 1. The number of hydrogen-bond donors (Lipinski definition) is 1. The topological polar surface area (TPSA) is 54.5 Å². The number of hydrogen-bond acceptors (Lipinski definition) is 4. The number of rotatable bonds is 3. The third-order valence-corrected chi connectivity index (χ3v) is 3.49. The van der Waals surface area contributed by atoms with Crippen molar-refractivity contribution in [2.24, 2.45) is 0 Å². The Morgan fingerprint density at radius 3 is 2.48 bits per heavy atom. The molecule has 23 heavy (non-hydrogen) atoms. The molecule has 1 amide bonds. The standard InChI is InChI=1S/C16H15F2N3O2/c17-13-3-1-11(9-14(13)18)20-12-2-4-15(19-10-12)16(22)21-5-7-23-8-6-21/h1-4,9-10,20H,5-8H2. The van der Waals surface area contributed by atoms with Crippen molar-refractivity contribution in [2.45, 2.75) is 0 Å². The molecule has 1 N–H and O–H groups in total. The van der Waals surface area contributed by atoms with Crippen molar-refractivity contribution in [3.05, 3.63) is 53.9 Å². The van der Waals surface area contributed by atoms with Gasteiger partial charge in [-0.1, -0.05) is 0 Å². The van der Waals surface area contributed by atoms with Gasteiger partial charge in [-0.25, -0.2) is 13.8 Å². The molecule has 1 aromatic carbocycles. The van der Waals surface area contributed by atoms with Crippen LogP contribution in [-0.4, -0.2) is 42.1 Å². The van der Waals surface area contributed by atoms with Crippen LogP contribution in [0.2, 0.25) is 0 Å². The molecule has 0 unspecified atom stereocenters. The van der Waals surface area contributed by atoms with E-state index in [9.17, 15) is 13.6 Å². The van der Waals surface area contributed by atoms with Crippen LogP contribution >= 0.6 is 0 Å². The Bertz CT molecular complexity index is 701. The number of pyridine rings is 1. The lowest BCUT2D eigenvalue weighted by Crippen LogP contribution is -2.41. The van der Waals surface area contributed by atoms with Gasteiger partial charge in [-0.2, -0.15) is 0 Å². The van der Waals surface area contributed by atoms with Crippen molar-refractivity contribution < 1.29 is 18.3 Å². The highest BCUT2D eigenvalue weighted by Gasteiger charge is 2.19. The third-order valence-electron chi connectivity index (χ3n) is 3.49. The van der Waals surface area contributed by atoms with E-state index in [2.05, 4.69) is 10.3 Å². The monoisotopic (exact) mass is 319 g/mol. The molecule has 0 spiro atoms. The van der Waals surface area contributed by atoms with E-state index in [-0.39, 0.29) is 5.91 Å². The van der Waals surface area contributed by atoms with Gasteiger partial charge in [0.2, 0.25) is 0 Å². The summed E-state index contributed by atoms with van der Waals surface area (Å²) in [7, 11) is 0. The highest BCUT2D eigenvalue weighted by molar-refractivity contribution is 5.92. The number of halogens is 2. The molecule has 1 saturated heterocycles. The minimum Gasteiger partial charge on any atom is -0.378 e. The summed E-state index contributed by atoms with van der Waals surface area (Å²) in [5.41, 5.74) is 1.32. The summed E-state index contributed by atoms with van der Waals surface area (Å²) in [4.78, 5) is 18.1. The molecule has 0 aliphatic carbocycles. The summed E-state index contributed by atoms with van der Waals surface area (Å²) in [6, 6.07) is 6.79. The average molecular weight is 319 g/mol. The molecule has 2 aromatic rings. The number of morpholine rings is 1. The van der Waals surface area contributed by atoms with Gasteiger partial charge >= 0.3 is 0 Å². The molecule has 0 saturated carbocycles. The number of carbonyl (C=O) groups excluding carboxylic acids is 1. The first-order valence-electron chi connectivity index (χ1n) is 7.18. The molecule has 0 bridgehead atoms. The molecule has 0 atom stereocenters. The molecule has 3 rings (SSSR count). The number of amides is 1. The fourth-order valence-electron chi connectivity index (χ4n) is 2.26. The Hall–Kier alpha value is -2.54. The second kappa shape index (κ2) is 6.70. The van der Waals surface area contributed by atoms with Gasteiger partial charge in [0, 0.05) is 24.8 Å². The zero-order valence-electron chi connectivity index (χ0n) is 12.3. The van der Waals surface area contributed by atoms with Gasteiger partial charge in [0.1, 0.15) is 5.69 Å². The number of anilines is 2. The maximum atomic E-state index is 13.2. The first kappa shape index (κ1) is 15.4. The zero-order chi connectivity index (χ0) is 16.2. The summed E-state index contributed by atoms with van der Waals surface area (Å²) in [5, 5.41) is 2.90. The molecular formula is C16H15F2N3O2. The molecular weight excluding hydrogens is 304 g/mol. The zero-order valence-corrected chi connectivity index (χ0v) is 12.3. The average Bonchev–Trinajstić information content (AvgIpc) is 2.59. The molecule has 7 heteroatoms. The Morgan fingerprint density at radius 2 is 1.83 bits per heavy atom. The van der Waals surface area contributed by atoms with Gasteiger partial charge in [-0.15, -0.1) is 0 Å². The van der Waals surface area contributed by atoms with Crippen molar-refractivity contribution in [3.63, 3.8) is 0 Å².